The number of nitrogens with two attached hydrogens (primary N) is 1. The summed E-state index contributed by atoms with van der Waals surface area (Å²) in [4.78, 5) is 4.48. The molecule has 0 spiro atoms. The van der Waals surface area contributed by atoms with Crippen molar-refractivity contribution in [3.8, 4) is 5.75 Å². The van der Waals surface area contributed by atoms with Gasteiger partial charge in [-0.2, -0.15) is 11.8 Å². The van der Waals surface area contributed by atoms with Crippen molar-refractivity contribution < 1.29 is 4.74 Å². The van der Waals surface area contributed by atoms with E-state index in [0.717, 1.165) is 22.0 Å². The van der Waals surface area contributed by atoms with Gasteiger partial charge in [-0.3, -0.25) is 0 Å². The molecule has 2 unspecified atom stereocenters. The van der Waals surface area contributed by atoms with E-state index in [1.807, 2.05) is 18.2 Å². The zero-order chi connectivity index (χ0) is 14.1. The number of hydrogen-bond donors (Lipinski definition) is 1. The van der Waals surface area contributed by atoms with Gasteiger partial charge in [0, 0.05) is 17.4 Å². The third-order valence-electron chi connectivity index (χ3n) is 4.05. The highest BCUT2D eigenvalue weighted by Crippen LogP contribution is 2.40. The van der Waals surface area contributed by atoms with Crippen molar-refractivity contribution in [3.63, 3.8) is 0 Å². The maximum absolute atomic E-state index is 6.15. The Morgan fingerprint density at radius 3 is 3.05 bits per heavy atom. The highest BCUT2D eigenvalue weighted by molar-refractivity contribution is 7.99. The summed E-state index contributed by atoms with van der Waals surface area (Å²) in [5.41, 5.74) is 8.19. The van der Waals surface area contributed by atoms with Crippen molar-refractivity contribution in [1.29, 1.82) is 0 Å². The van der Waals surface area contributed by atoms with Crippen LogP contribution in [0.25, 0.3) is 11.0 Å². The van der Waals surface area contributed by atoms with Gasteiger partial charge in [0.1, 0.15) is 5.75 Å². The molecule has 2 aromatic rings. The molecule has 1 heterocycles. The van der Waals surface area contributed by atoms with E-state index in [9.17, 15) is 0 Å². The summed E-state index contributed by atoms with van der Waals surface area (Å²) in [7, 11) is 1.69. The van der Waals surface area contributed by atoms with Crippen molar-refractivity contribution in [2.24, 2.45) is 0 Å². The predicted octanol–water partition coefficient (Wildman–Crippen LogP) is 3.47. The van der Waals surface area contributed by atoms with Gasteiger partial charge in [-0.25, -0.2) is 4.98 Å². The molecule has 2 atom stereocenters. The van der Waals surface area contributed by atoms with E-state index in [2.05, 4.69) is 28.2 Å². The number of fused-ring (bicyclic) bond motifs is 1. The first-order valence-corrected chi connectivity index (χ1v) is 8.20. The molecule has 1 aromatic carbocycles. The lowest BCUT2D eigenvalue weighted by Crippen LogP contribution is -2.09. The molecule has 1 aromatic heterocycles. The van der Waals surface area contributed by atoms with Gasteiger partial charge in [0.05, 0.1) is 18.1 Å². The van der Waals surface area contributed by atoms with Crippen LogP contribution in [0.1, 0.15) is 32.2 Å². The van der Waals surface area contributed by atoms with Gasteiger partial charge in [0.15, 0.2) is 0 Å². The van der Waals surface area contributed by atoms with Crippen LogP contribution in [0.5, 0.6) is 5.75 Å². The van der Waals surface area contributed by atoms with Gasteiger partial charge < -0.3 is 15.0 Å². The van der Waals surface area contributed by atoms with E-state index in [1.54, 1.807) is 7.11 Å². The minimum absolute atomic E-state index is 0.469. The SMILES string of the molecule is CCSC1CCC(n2c(N)nc3ccc(OC)cc32)C1. The summed E-state index contributed by atoms with van der Waals surface area (Å²) in [5, 5.41) is 0.757. The van der Waals surface area contributed by atoms with Gasteiger partial charge in [-0.05, 0) is 37.1 Å². The van der Waals surface area contributed by atoms with Crippen LogP contribution in [-0.4, -0.2) is 27.7 Å². The maximum atomic E-state index is 6.15. The fourth-order valence-electron chi connectivity index (χ4n) is 3.14. The normalized spacial score (nSPS) is 22.5. The molecule has 0 radical (unpaired) electrons. The lowest BCUT2D eigenvalue weighted by Gasteiger charge is -2.15. The van der Waals surface area contributed by atoms with Crippen LogP contribution in [0, 0.1) is 0 Å². The Hall–Kier alpha value is -1.36. The first-order valence-electron chi connectivity index (χ1n) is 7.16. The van der Waals surface area contributed by atoms with Crippen LogP contribution in [0.4, 0.5) is 5.95 Å². The molecule has 0 aliphatic heterocycles. The molecule has 5 heteroatoms. The average molecular weight is 291 g/mol. The third kappa shape index (κ3) is 2.35. The number of ether oxygens (including phenoxy) is 1. The Kier molecular flexibility index (Phi) is 3.78. The predicted molar refractivity (Wildman–Crippen MR) is 85.5 cm³/mol. The smallest absolute Gasteiger partial charge is 0.201 e. The second kappa shape index (κ2) is 5.56. The largest absolute Gasteiger partial charge is 0.497 e. The Morgan fingerprint density at radius 2 is 2.30 bits per heavy atom. The third-order valence-corrected chi connectivity index (χ3v) is 5.28. The molecule has 0 saturated heterocycles. The topological polar surface area (TPSA) is 53.1 Å². The molecule has 108 valence electrons. The minimum Gasteiger partial charge on any atom is -0.497 e. The van der Waals surface area contributed by atoms with Gasteiger partial charge in [0.2, 0.25) is 5.95 Å². The zero-order valence-electron chi connectivity index (χ0n) is 12.0. The molecular formula is C15H21N3OS. The number of benzene rings is 1. The van der Waals surface area contributed by atoms with E-state index in [1.165, 1.54) is 25.0 Å². The van der Waals surface area contributed by atoms with Crippen LogP contribution >= 0.6 is 11.8 Å². The average Bonchev–Trinajstić information content (AvgIpc) is 3.01. The van der Waals surface area contributed by atoms with Crippen molar-refractivity contribution in [3.05, 3.63) is 18.2 Å². The Bertz CT molecular complexity index is 610. The number of aromatic nitrogens is 2. The Balaban J connectivity index is 1.96. The van der Waals surface area contributed by atoms with Crippen molar-refractivity contribution in [2.75, 3.05) is 18.6 Å². The first kappa shape index (κ1) is 13.6. The second-order valence-electron chi connectivity index (χ2n) is 5.24. The summed E-state index contributed by atoms with van der Waals surface area (Å²) >= 11 is 2.06. The van der Waals surface area contributed by atoms with E-state index >= 15 is 0 Å². The Morgan fingerprint density at radius 1 is 1.45 bits per heavy atom. The number of rotatable bonds is 4. The quantitative estimate of drug-likeness (QED) is 0.937. The molecule has 0 bridgehead atoms. The molecule has 1 aliphatic carbocycles. The molecule has 20 heavy (non-hydrogen) atoms. The number of nitrogens with zero attached hydrogens (tertiary/aromatic N) is 2. The molecule has 4 nitrogen and oxygen atoms in total. The molecule has 0 amide bonds. The highest BCUT2D eigenvalue weighted by Gasteiger charge is 2.28. The molecule has 2 N–H and O–H groups in total. The van der Waals surface area contributed by atoms with E-state index in [0.29, 0.717) is 12.0 Å². The van der Waals surface area contributed by atoms with E-state index in [4.69, 9.17) is 10.5 Å². The monoisotopic (exact) mass is 291 g/mol. The summed E-state index contributed by atoms with van der Waals surface area (Å²) < 4.78 is 7.53. The van der Waals surface area contributed by atoms with Crippen molar-refractivity contribution in [1.82, 2.24) is 9.55 Å². The summed E-state index contributed by atoms with van der Waals surface area (Å²) in [6, 6.07) is 6.42. The minimum atomic E-state index is 0.469. The van der Waals surface area contributed by atoms with Gasteiger partial charge in [-0.1, -0.05) is 6.92 Å². The summed E-state index contributed by atoms with van der Waals surface area (Å²) in [6.45, 7) is 2.23. The lowest BCUT2D eigenvalue weighted by atomic mass is 10.2. The fraction of sp³-hybridized carbons (Fsp3) is 0.533. The van der Waals surface area contributed by atoms with Crippen LogP contribution < -0.4 is 10.5 Å². The Labute approximate surface area is 123 Å². The molecule has 1 saturated carbocycles. The fourth-order valence-corrected chi connectivity index (χ4v) is 4.27. The van der Waals surface area contributed by atoms with Gasteiger partial charge in [-0.15, -0.1) is 0 Å². The number of thioether (sulfide) groups is 1. The van der Waals surface area contributed by atoms with E-state index < -0.39 is 0 Å². The lowest BCUT2D eigenvalue weighted by molar-refractivity contribution is 0.415. The number of hydrogen-bond acceptors (Lipinski definition) is 4. The zero-order valence-corrected chi connectivity index (χ0v) is 12.8. The molecule has 3 rings (SSSR count). The van der Waals surface area contributed by atoms with Crippen LogP contribution in [0.2, 0.25) is 0 Å². The summed E-state index contributed by atoms with van der Waals surface area (Å²) in [6.07, 6.45) is 3.64. The molecule has 1 fully saturated rings. The summed E-state index contributed by atoms with van der Waals surface area (Å²) in [5.74, 6) is 2.67. The van der Waals surface area contributed by atoms with E-state index in [-0.39, 0.29) is 0 Å². The maximum Gasteiger partial charge on any atom is 0.201 e. The van der Waals surface area contributed by atoms with Crippen LogP contribution in [0.3, 0.4) is 0 Å². The highest BCUT2D eigenvalue weighted by atomic mass is 32.2. The number of methoxy groups -OCH3 is 1. The second-order valence-corrected chi connectivity index (χ2v) is 6.82. The standard InChI is InChI=1S/C15H21N3OS/c1-3-20-12-6-4-10(8-12)18-14-9-11(19-2)5-7-13(14)17-15(18)16/h5,7,9-10,12H,3-4,6,8H2,1-2H3,(H2,16,17). The number of anilines is 1. The van der Waals surface area contributed by atoms with Crippen molar-refractivity contribution in [2.45, 2.75) is 37.5 Å². The molecular weight excluding hydrogens is 270 g/mol. The van der Waals surface area contributed by atoms with Crippen LogP contribution in [0.15, 0.2) is 18.2 Å². The number of imidazole rings is 1. The molecule has 1 aliphatic rings. The number of nitrogen functional groups attached to an aromatic ring is 1. The van der Waals surface area contributed by atoms with Crippen LogP contribution in [-0.2, 0) is 0 Å². The van der Waals surface area contributed by atoms with Gasteiger partial charge in [0.25, 0.3) is 0 Å². The van der Waals surface area contributed by atoms with Crippen molar-refractivity contribution >= 4 is 28.7 Å². The first-order chi connectivity index (χ1) is 9.72. The van der Waals surface area contributed by atoms with Gasteiger partial charge >= 0.3 is 0 Å².